The molecule has 0 aliphatic carbocycles. The van der Waals surface area contributed by atoms with Crippen LogP contribution in [0.4, 0.5) is 0 Å². The third-order valence-corrected chi connectivity index (χ3v) is 0. The average Bonchev–Trinajstić information content (AvgIpc) is 0. The van der Waals surface area contributed by atoms with Crippen LogP contribution in [0, 0.1) is 38.2 Å². The molecule has 0 aromatic rings. The molecule has 0 aliphatic heterocycles. The first kappa shape index (κ1) is 67.8. The van der Waals surface area contributed by atoms with Crippen LogP contribution in [0.3, 0.4) is 0 Å². The second-order valence-electron chi connectivity index (χ2n) is 0. The van der Waals surface area contributed by atoms with Crippen molar-refractivity contribution in [3.63, 3.8) is 0 Å². The Hall–Kier alpha value is 1.87. The Morgan fingerprint density at radius 2 is 0.600 bits per heavy atom. The van der Waals surface area contributed by atoms with Crippen LogP contribution < -0.4 is 0 Å². The number of hydrogen-bond acceptors (Lipinski definition) is 0. The van der Waals surface area contributed by atoms with Crippen LogP contribution >= 0.6 is 0 Å². The normalized spacial score (nSPS) is 0. The van der Waals surface area contributed by atoms with Gasteiger partial charge in [0.2, 0.25) is 0 Å². The Balaban J connectivity index is 0. The zero-order valence-electron chi connectivity index (χ0n) is 2.04. The first-order valence-electron chi connectivity index (χ1n) is 0. The SMILES string of the molecule is [Dy].[O-2].[O-2].[O-2].[Ti+4]. The van der Waals surface area contributed by atoms with Gasteiger partial charge in [0.15, 0.2) is 0 Å². The molecule has 0 radical (unpaired) electrons. The minimum Gasteiger partial charge on any atom is -2.00 e. The molecule has 34 valence electrons. The van der Waals surface area contributed by atoms with E-state index < -0.39 is 0 Å². The van der Waals surface area contributed by atoms with E-state index in [1.807, 2.05) is 0 Å². The summed E-state index contributed by atoms with van der Waals surface area (Å²) >= 11 is 0. The Morgan fingerprint density at radius 1 is 0.600 bits per heavy atom. The number of rotatable bonds is 0. The van der Waals surface area contributed by atoms with Crippen molar-refractivity contribution in [1.29, 1.82) is 0 Å². The van der Waals surface area contributed by atoms with Crippen LogP contribution in [0.1, 0.15) is 0 Å². The Labute approximate surface area is 75.3 Å². The maximum atomic E-state index is 0. The summed E-state index contributed by atoms with van der Waals surface area (Å²) in [6.07, 6.45) is 0. The van der Waals surface area contributed by atoms with Crippen LogP contribution in [0.15, 0.2) is 0 Å². The van der Waals surface area contributed by atoms with Crippen molar-refractivity contribution in [2.24, 2.45) is 0 Å². The summed E-state index contributed by atoms with van der Waals surface area (Å²) in [6, 6.07) is 0. The minimum absolute atomic E-state index is 0. The van der Waals surface area contributed by atoms with Gasteiger partial charge in [0.05, 0.1) is 0 Å². The maximum Gasteiger partial charge on any atom is 4.00 e. The molecule has 0 fully saturated rings. The van der Waals surface area contributed by atoms with Gasteiger partial charge in [-0.15, -0.1) is 0 Å². The smallest absolute Gasteiger partial charge is 2.00 e. The average molecular weight is 258 g/mol. The van der Waals surface area contributed by atoms with E-state index in [2.05, 4.69) is 0 Å². The fraction of sp³-hybridized carbons (Fsp3) is 0. The van der Waals surface area contributed by atoms with Gasteiger partial charge in [0.1, 0.15) is 0 Å². The van der Waals surface area contributed by atoms with E-state index in [-0.39, 0.29) is 76.3 Å². The quantitative estimate of drug-likeness (QED) is 0.531. The van der Waals surface area contributed by atoms with Crippen molar-refractivity contribution < 1.29 is 76.3 Å². The zero-order valence-corrected chi connectivity index (χ0v) is 5.63. The van der Waals surface area contributed by atoms with E-state index in [1.54, 1.807) is 0 Å². The van der Waals surface area contributed by atoms with Gasteiger partial charge in [-0.1, -0.05) is 0 Å². The van der Waals surface area contributed by atoms with E-state index >= 15 is 0 Å². The van der Waals surface area contributed by atoms with Gasteiger partial charge >= 0.3 is 21.7 Å². The molecule has 0 aromatic carbocycles. The second kappa shape index (κ2) is 39.9. The third kappa shape index (κ3) is 25.2. The van der Waals surface area contributed by atoms with Crippen LogP contribution in [0.5, 0.6) is 0 Å². The molecule has 0 aromatic heterocycles. The van der Waals surface area contributed by atoms with Crippen molar-refractivity contribution >= 4 is 0 Å². The van der Waals surface area contributed by atoms with Crippen molar-refractivity contribution in [3.8, 4) is 0 Å². The first-order valence-corrected chi connectivity index (χ1v) is 0. The van der Waals surface area contributed by atoms with E-state index in [0.717, 1.165) is 0 Å². The van der Waals surface area contributed by atoms with E-state index in [1.165, 1.54) is 0 Å². The van der Waals surface area contributed by atoms with Crippen LogP contribution in [0.25, 0.3) is 0 Å². The van der Waals surface area contributed by atoms with Gasteiger partial charge in [-0.25, -0.2) is 0 Å². The fourth-order valence-corrected chi connectivity index (χ4v) is 0. The molecule has 0 N–H and O–H groups in total. The van der Waals surface area contributed by atoms with Crippen molar-refractivity contribution in [2.45, 2.75) is 0 Å². The third-order valence-electron chi connectivity index (χ3n) is 0. The molecule has 0 heterocycles. The van der Waals surface area contributed by atoms with Crippen molar-refractivity contribution in [3.05, 3.63) is 0 Å². The molecule has 0 aliphatic rings. The summed E-state index contributed by atoms with van der Waals surface area (Å²) in [5.41, 5.74) is 0. The molecule has 0 unspecified atom stereocenters. The molecule has 3 nitrogen and oxygen atoms in total. The topological polar surface area (TPSA) is 85.5 Å². The Bertz CT molecular complexity index is 6.85. The summed E-state index contributed by atoms with van der Waals surface area (Å²) in [5.74, 6) is 0. The van der Waals surface area contributed by atoms with Gasteiger partial charge in [0, 0.05) is 38.2 Å². The first-order chi connectivity index (χ1) is 0. The molecule has 0 saturated carbocycles. The summed E-state index contributed by atoms with van der Waals surface area (Å²) < 4.78 is 0. The van der Waals surface area contributed by atoms with Crippen molar-refractivity contribution in [1.82, 2.24) is 0 Å². The summed E-state index contributed by atoms with van der Waals surface area (Å²) in [5, 5.41) is 0. The van der Waals surface area contributed by atoms with Gasteiger partial charge in [0.25, 0.3) is 0 Å². The molecule has 0 saturated heterocycles. The molecule has 0 spiro atoms. The standard InChI is InChI=1S/Dy.3O.Ti/q;3*-2;+4. The predicted molar refractivity (Wildman–Crippen MR) is 2.06 cm³/mol. The Morgan fingerprint density at radius 3 is 0.600 bits per heavy atom. The Kier molecular flexibility index (Phi) is 541. The number of hydrogen-bond donors (Lipinski definition) is 0. The van der Waals surface area contributed by atoms with Crippen LogP contribution in [-0.2, 0) is 38.1 Å². The molecular weight excluding hydrogens is 258 g/mol. The summed E-state index contributed by atoms with van der Waals surface area (Å²) in [6.45, 7) is 0. The molecule has 0 rings (SSSR count). The second-order valence-corrected chi connectivity index (χ2v) is 0. The minimum atomic E-state index is 0. The molecule has 0 bridgehead atoms. The van der Waals surface area contributed by atoms with Gasteiger partial charge in [-0.3, -0.25) is 0 Å². The van der Waals surface area contributed by atoms with Crippen LogP contribution in [-0.4, -0.2) is 0 Å². The largest absolute Gasteiger partial charge is 4.00 e. The monoisotopic (exact) mass is 260 g/mol. The summed E-state index contributed by atoms with van der Waals surface area (Å²) in [7, 11) is 0. The fourth-order valence-electron chi connectivity index (χ4n) is 0. The van der Waals surface area contributed by atoms with Crippen molar-refractivity contribution in [2.75, 3.05) is 0 Å². The molecule has 0 amide bonds. The summed E-state index contributed by atoms with van der Waals surface area (Å²) in [4.78, 5) is 0. The maximum absolute atomic E-state index is 0. The van der Waals surface area contributed by atoms with Gasteiger partial charge < -0.3 is 16.4 Å². The molecule has 5 heteroatoms. The molecule has 0 atom stereocenters. The van der Waals surface area contributed by atoms with Crippen LogP contribution in [0.2, 0.25) is 0 Å². The predicted octanol–water partition coefficient (Wildman–Crippen LogP) is -0.359. The van der Waals surface area contributed by atoms with Gasteiger partial charge in [-0.2, -0.15) is 0 Å². The zero-order chi connectivity index (χ0) is 0. The van der Waals surface area contributed by atoms with Gasteiger partial charge in [-0.05, 0) is 0 Å². The molecular formula is DyO3Ti-2. The van der Waals surface area contributed by atoms with E-state index in [4.69, 9.17) is 0 Å². The van der Waals surface area contributed by atoms with E-state index in [0.29, 0.717) is 0 Å². The molecule has 5 heavy (non-hydrogen) atoms. The van der Waals surface area contributed by atoms with E-state index in [9.17, 15) is 0 Å².